The number of rotatable bonds is 5. The molecular formula is C17H19NO. The number of benzene rings is 1. The Labute approximate surface area is 114 Å². The molecule has 0 saturated heterocycles. The first-order valence-corrected chi connectivity index (χ1v) is 7.01. The predicted octanol–water partition coefficient (Wildman–Crippen LogP) is 3.62. The van der Waals surface area contributed by atoms with Crippen molar-refractivity contribution in [2.45, 2.75) is 32.2 Å². The van der Waals surface area contributed by atoms with Gasteiger partial charge in [-0.2, -0.15) is 0 Å². The van der Waals surface area contributed by atoms with E-state index in [1.54, 1.807) is 0 Å². The lowest BCUT2D eigenvalue weighted by Crippen LogP contribution is -2.05. The lowest BCUT2D eigenvalue weighted by Gasteiger charge is -2.09. The Morgan fingerprint density at radius 3 is 2.74 bits per heavy atom. The van der Waals surface area contributed by atoms with Crippen LogP contribution in [0.15, 0.2) is 48.7 Å². The molecule has 1 aromatic carbocycles. The van der Waals surface area contributed by atoms with Crippen molar-refractivity contribution in [3.8, 4) is 0 Å². The maximum absolute atomic E-state index is 11.7. The van der Waals surface area contributed by atoms with Gasteiger partial charge in [0.25, 0.3) is 0 Å². The first kappa shape index (κ1) is 12.2. The molecule has 1 aliphatic carbocycles. The van der Waals surface area contributed by atoms with Crippen LogP contribution in [0.25, 0.3) is 0 Å². The van der Waals surface area contributed by atoms with E-state index in [1.165, 1.54) is 11.3 Å². The Morgan fingerprint density at radius 1 is 1.21 bits per heavy atom. The van der Waals surface area contributed by atoms with Gasteiger partial charge in [-0.3, -0.25) is 4.79 Å². The van der Waals surface area contributed by atoms with Crippen molar-refractivity contribution in [1.82, 2.24) is 4.57 Å². The minimum atomic E-state index is 0.273. The second-order valence-corrected chi connectivity index (χ2v) is 5.32. The molecule has 2 nitrogen and oxygen atoms in total. The van der Waals surface area contributed by atoms with Crippen LogP contribution in [0.5, 0.6) is 0 Å². The van der Waals surface area contributed by atoms with Crippen LogP contribution in [0.2, 0.25) is 0 Å². The first-order valence-electron chi connectivity index (χ1n) is 7.01. The number of hydrogen-bond acceptors (Lipinski definition) is 1. The highest BCUT2D eigenvalue weighted by Gasteiger charge is 2.44. The number of carbonyl (C=O) groups is 1. The minimum absolute atomic E-state index is 0.273. The van der Waals surface area contributed by atoms with Crippen molar-refractivity contribution >= 4 is 5.78 Å². The fraction of sp³-hybridized carbons (Fsp3) is 0.353. The molecule has 98 valence electrons. The second-order valence-electron chi connectivity index (χ2n) is 5.32. The van der Waals surface area contributed by atoms with Crippen molar-refractivity contribution in [1.29, 1.82) is 0 Å². The molecule has 0 spiro atoms. The number of nitrogens with zero attached hydrogens (tertiary/aromatic N) is 1. The van der Waals surface area contributed by atoms with Crippen molar-refractivity contribution in [2.24, 2.45) is 5.92 Å². The van der Waals surface area contributed by atoms with Crippen LogP contribution in [0.4, 0.5) is 0 Å². The fourth-order valence-electron chi connectivity index (χ4n) is 2.83. The summed E-state index contributed by atoms with van der Waals surface area (Å²) < 4.78 is 2.28. The molecule has 2 unspecified atom stereocenters. The molecule has 1 aromatic heterocycles. The summed E-state index contributed by atoms with van der Waals surface area (Å²) in [5.74, 6) is 1.14. The highest BCUT2D eigenvalue weighted by atomic mass is 16.1. The van der Waals surface area contributed by atoms with Gasteiger partial charge in [0.05, 0.1) is 0 Å². The molecular weight excluding hydrogens is 234 g/mol. The Hall–Kier alpha value is -1.83. The molecule has 1 saturated carbocycles. The zero-order valence-corrected chi connectivity index (χ0v) is 11.3. The van der Waals surface area contributed by atoms with Crippen LogP contribution in [0.3, 0.4) is 0 Å². The number of Topliss-reactive ketones (excluding diaryl/α,β-unsaturated/α-hetero) is 1. The number of carbonyl (C=O) groups excluding carboxylic acids is 1. The summed E-state index contributed by atoms with van der Waals surface area (Å²) in [5, 5.41) is 0. The van der Waals surface area contributed by atoms with E-state index in [2.05, 4.69) is 47.2 Å². The largest absolute Gasteiger partial charge is 0.347 e. The third kappa shape index (κ3) is 2.48. The average Bonchev–Trinajstić information content (AvgIpc) is 3.12. The summed E-state index contributed by atoms with van der Waals surface area (Å²) in [4.78, 5) is 11.7. The number of aromatic nitrogens is 1. The van der Waals surface area contributed by atoms with E-state index in [4.69, 9.17) is 0 Å². The molecule has 1 heterocycles. The van der Waals surface area contributed by atoms with Gasteiger partial charge in [0, 0.05) is 36.7 Å². The van der Waals surface area contributed by atoms with Gasteiger partial charge in [0.2, 0.25) is 0 Å². The summed E-state index contributed by atoms with van der Waals surface area (Å²) >= 11 is 0. The van der Waals surface area contributed by atoms with Crippen LogP contribution in [0.1, 0.15) is 36.9 Å². The van der Waals surface area contributed by atoms with Gasteiger partial charge in [-0.1, -0.05) is 37.3 Å². The molecule has 0 bridgehead atoms. The SMILES string of the molecule is CCC(=O)C1CC1c1cccn1Cc1ccccc1. The fourth-order valence-corrected chi connectivity index (χ4v) is 2.83. The van der Waals surface area contributed by atoms with Crippen molar-refractivity contribution in [2.75, 3.05) is 0 Å². The van der Waals surface area contributed by atoms with Crippen LogP contribution >= 0.6 is 0 Å². The summed E-state index contributed by atoms with van der Waals surface area (Å²) in [6.07, 6.45) is 3.82. The molecule has 0 amide bonds. The van der Waals surface area contributed by atoms with E-state index in [0.29, 0.717) is 18.1 Å². The van der Waals surface area contributed by atoms with Crippen molar-refractivity contribution < 1.29 is 4.79 Å². The zero-order chi connectivity index (χ0) is 13.2. The third-order valence-electron chi connectivity index (χ3n) is 3.99. The van der Waals surface area contributed by atoms with Gasteiger partial charge in [-0.15, -0.1) is 0 Å². The highest BCUT2D eigenvalue weighted by Crippen LogP contribution is 2.48. The molecule has 3 rings (SSSR count). The van der Waals surface area contributed by atoms with E-state index in [1.807, 2.05) is 13.0 Å². The van der Waals surface area contributed by atoms with Gasteiger partial charge < -0.3 is 4.57 Å². The number of ketones is 1. The minimum Gasteiger partial charge on any atom is -0.347 e. The average molecular weight is 253 g/mol. The summed E-state index contributed by atoms with van der Waals surface area (Å²) in [6.45, 7) is 2.85. The Bertz CT molecular complexity index is 570. The standard InChI is InChI=1S/C17H19NO/c1-2-17(19)15-11-14(15)16-9-6-10-18(16)12-13-7-4-3-5-8-13/h3-10,14-15H,2,11-12H2,1H3. The first-order chi connectivity index (χ1) is 9.29. The Morgan fingerprint density at radius 2 is 2.00 bits per heavy atom. The lowest BCUT2D eigenvalue weighted by molar-refractivity contribution is -0.120. The van der Waals surface area contributed by atoms with E-state index >= 15 is 0 Å². The van der Waals surface area contributed by atoms with E-state index in [9.17, 15) is 4.79 Å². The van der Waals surface area contributed by atoms with Crippen LogP contribution in [-0.4, -0.2) is 10.4 Å². The Balaban J connectivity index is 1.75. The molecule has 0 N–H and O–H groups in total. The molecule has 2 heteroatoms. The van der Waals surface area contributed by atoms with Gasteiger partial charge in [-0.05, 0) is 24.1 Å². The van der Waals surface area contributed by atoms with Crippen molar-refractivity contribution in [3.05, 3.63) is 59.9 Å². The molecule has 19 heavy (non-hydrogen) atoms. The highest BCUT2D eigenvalue weighted by molar-refractivity contribution is 5.84. The molecule has 0 radical (unpaired) electrons. The summed E-state index contributed by atoms with van der Waals surface area (Å²) in [6, 6.07) is 14.7. The molecule has 1 fully saturated rings. The van der Waals surface area contributed by atoms with Crippen molar-refractivity contribution in [3.63, 3.8) is 0 Å². The Kier molecular flexibility index (Phi) is 3.24. The monoisotopic (exact) mass is 253 g/mol. The lowest BCUT2D eigenvalue weighted by atomic mass is 10.1. The third-order valence-corrected chi connectivity index (χ3v) is 3.99. The van der Waals surface area contributed by atoms with Gasteiger partial charge >= 0.3 is 0 Å². The second kappa shape index (κ2) is 5.04. The quantitative estimate of drug-likeness (QED) is 0.797. The molecule has 0 aliphatic heterocycles. The molecule has 2 atom stereocenters. The zero-order valence-electron chi connectivity index (χ0n) is 11.3. The van der Waals surface area contributed by atoms with E-state index in [-0.39, 0.29) is 5.92 Å². The van der Waals surface area contributed by atoms with E-state index in [0.717, 1.165) is 13.0 Å². The van der Waals surface area contributed by atoms with Crippen LogP contribution < -0.4 is 0 Å². The predicted molar refractivity (Wildman–Crippen MR) is 76.1 cm³/mol. The maximum atomic E-state index is 11.7. The van der Waals surface area contributed by atoms with Gasteiger partial charge in [0.1, 0.15) is 5.78 Å². The van der Waals surface area contributed by atoms with Crippen LogP contribution in [-0.2, 0) is 11.3 Å². The summed E-state index contributed by atoms with van der Waals surface area (Å²) in [7, 11) is 0. The summed E-state index contributed by atoms with van der Waals surface area (Å²) in [5.41, 5.74) is 2.62. The van der Waals surface area contributed by atoms with Crippen LogP contribution in [0, 0.1) is 5.92 Å². The topological polar surface area (TPSA) is 22.0 Å². The normalized spacial score (nSPS) is 21.3. The smallest absolute Gasteiger partial charge is 0.136 e. The number of hydrogen-bond donors (Lipinski definition) is 0. The van der Waals surface area contributed by atoms with Gasteiger partial charge in [-0.25, -0.2) is 0 Å². The van der Waals surface area contributed by atoms with E-state index < -0.39 is 0 Å². The molecule has 1 aliphatic rings. The molecule has 2 aromatic rings. The van der Waals surface area contributed by atoms with Gasteiger partial charge in [0.15, 0.2) is 0 Å². The maximum Gasteiger partial charge on any atom is 0.136 e.